The van der Waals surface area contributed by atoms with Crippen LogP contribution in [0, 0.1) is 0 Å². The van der Waals surface area contributed by atoms with Gasteiger partial charge in [0.2, 0.25) is 0 Å². The quantitative estimate of drug-likeness (QED) is 0.480. The van der Waals surface area contributed by atoms with E-state index >= 15 is 0 Å². The maximum absolute atomic E-state index is 6.43. The summed E-state index contributed by atoms with van der Waals surface area (Å²) in [6.07, 6.45) is 7.16. The lowest BCUT2D eigenvalue weighted by atomic mass is 10.1. The molecule has 1 aromatic heterocycles. The zero-order chi connectivity index (χ0) is 18.2. The van der Waals surface area contributed by atoms with Crippen LogP contribution in [0.25, 0.3) is 16.9 Å². The molecule has 0 fully saturated rings. The molecule has 0 aliphatic rings. The minimum absolute atomic E-state index is 0.731. The third-order valence-electron chi connectivity index (χ3n) is 4.46. The normalized spacial score (nSPS) is 11.0. The molecule has 0 saturated heterocycles. The molecule has 3 aromatic rings. The molecule has 3 rings (SSSR count). The zero-order valence-corrected chi connectivity index (χ0v) is 16.0. The van der Waals surface area contributed by atoms with E-state index in [2.05, 4.69) is 30.6 Å². The molecule has 0 aliphatic carbocycles. The lowest BCUT2D eigenvalue weighted by molar-refractivity contribution is 0.598. The summed E-state index contributed by atoms with van der Waals surface area (Å²) in [5.74, 6) is 0. The Morgan fingerprint density at radius 3 is 2.50 bits per heavy atom. The van der Waals surface area contributed by atoms with Crippen molar-refractivity contribution in [1.82, 2.24) is 15.1 Å². The summed E-state index contributed by atoms with van der Waals surface area (Å²) in [4.78, 5) is 0. The van der Waals surface area contributed by atoms with E-state index in [0.29, 0.717) is 0 Å². The van der Waals surface area contributed by atoms with Crippen LogP contribution in [0.5, 0.6) is 0 Å². The molecule has 1 N–H and O–H groups in total. The topological polar surface area (TPSA) is 29.9 Å². The maximum atomic E-state index is 6.43. The summed E-state index contributed by atoms with van der Waals surface area (Å²) in [6, 6.07) is 18.1. The highest BCUT2D eigenvalue weighted by Crippen LogP contribution is 2.29. The van der Waals surface area contributed by atoms with Gasteiger partial charge >= 0.3 is 0 Å². The van der Waals surface area contributed by atoms with Crippen LogP contribution in [-0.2, 0) is 6.54 Å². The van der Waals surface area contributed by atoms with Crippen molar-refractivity contribution in [3.8, 4) is 16.9 Å². The predicted molar refractivity (Wildman–Crippen MR) is 110 cm³/mol. The van der Waals surface area contributed by atoms with E-state index in [-0.39, 0.29) is 0 Å². The highest BCUT2D eigenvalue weighted by Gasteiger charge is 2.14. The van der Waals surface area contributed by atoms with Crippen molar-refractivity contribution >= 4 is 11.6 Å². The minimum atomic E-state index is 0.731. The largest absolute Gasteiger partial charge is 0.313 e. The lowest BCUT2D eigenvalue weighted by Crippen LogP contribution is -2.14. The molecule has 2 aromatic carbocycles. The van der Waals surface area contributed by atoms with Gasteiger partial charge in [0.05, 0.1) is 16.4 Å². The van der Waals surface area contributed by atoms with Crippen molar-refractivity contribution < 1.29 is 0 Å². The summed E-state index contributed by atoms with van der Waals surface area (Å²) in [7, 11) is 0. The van der Waals surface area contributed by atoms with Crippen molar-refractivity contribution in [2.24, 2.45) is 0 Å². The van der Waals surface area contributed by atoms with Gasteiger partial charge in [0.1, 0.15) is 0 Å². The fraction of sp³-hybridized carbons (Fsp3) is 0.318. The number of rotatable bonds is 9. The number of benzene rings is 2. The Kier molecular flexibility index (Phi) is 6.87. The SMILES string of the molecule is CCCCCCNCc1cn(-c2ccccc2)nc1-c1ccccc1Cl. The third-order valence-corrected chi connectivity index (χ3v) is 4.79. The van der Waals surface area contributed by atoms with Crippen LogP contribution in [0.4, 0.5) is 0 Å². The minimum Gasteiger partial charge on any atom is -0.313 e. The number of nitrogens with one attached hydrogen (secondary N) is 1. The molecule has 136 valence electrons. The fourth-order valence-electron chi connectivity index (χ4n) is 3.03. The highest BCUT2D eigenvalue weighted by atomic mass is 35.5. The van der Waals surface area contributed by atoms with Crippen LogP contribution in [0.1, 0.15) is 38.2 Å². The number of unbranched alkanes of at least 4 members (excludes halogenated alkanes) is 3. The molecular formula is C22H26ClN3. The van der Waals surface area contributed by atoms with Gasteiger partial charge in [0.25, 0.3) is 0 Å². The third kappa shape index (κ3) is 4.75. The maximum Gasteiger partial charge on any atom is 0.0987 e. The molecule has 0 saturated carbocycles. The zero-order valence-electron chi connectivity index (χ0n) is 15.3. The van der Waals surface area contributed by atoms with E-state index in [0.717, 1.165) is 40.6 Å². The molecule has 4 heteroatoms. The number of hydrogen-bond acceptors (Lipinski definition) is 2. The second kappa shape index (κ2) is 9.56. The number of aromatic nitrogens is 2. The first-order valence-electron chi connectivity index (χ1n) is 9.39. The van der Waals surface area contributed by atoms with Gasteiger partial charge in [0, 0.05) is 23.9 Å². The van der Waals surface area contributed by atoms with Crippen LogP contribution < -0.4 is 5.32 Å². The Labute approximate surface area is 161 Å². The van der Waals surface area contributed by atoms with Crippen LogP contribution >= 0.6 is 11.6 Å². The summed E-state index contributed by atoms with van der Waals surface area (Å²) in [6.45, 7) is 4.05. The molecule has 1 heterocycles. The van der Waals surface area contributed by atoms with Gasteiger partial charge in [-0.3, -0.25) is 0 Å². The Morgan fingerprint density at radius 1 is 0.962 bits per heavy atom. The summed E-state index contributed by atoms with van der Waals surface area (Å²) in [5, 5.41) is 9.12. The van der Waals surface area contributed by atoms with Crippen LogP contribution in [0.3, 0.4) is 0 Å². The Balaban J connectivity index is 1.82. The summed E-state index contributed by atoms with van der Waals surface area (Å²) < 4.78 is 1.94. The first kappa shape index (κ1) is 18.7. The van der Waals surface area contributed by atoms with E-state index in [4.69, 9.17) is 16.7 Å². The van der Waals surface area contributed by atoms with Gasteiger partial charge in [-0.15, -0.1) is 0 Å². The first-order chi connectivity index (χ1) is 12.8. The summed E-state index contributed by atoms with van der Waals surface area (Å²) in [5.41, 5.74) is 4.14. The smallest absolute Gasteiger partial charge is 0.0987 e. The monoisotopic (exact) mass is 367 g/mol. The lowest BCUT2D eigenvalue weighted by Gasteiger charge is -2.06. The molecule has 3 nitrogen and oxygen atoms in total. The van der Waals surface area contributed by atoms with Gasteiger partial charge in [-0.2, -0.15) is 5.10 Å². The Morgan fingerprint density at radius 2 is 1.73 bits per heavy atom. The van der Waals surface area contributed by atoms with Gasteiger partial charge < -0.3 is 5.32 Å². The molecule has 0 unspecified atom stereocenters. The van der Waals surface area contributed by atoms with E-state index in [1.165, 1.54) is 25.7 Å². The molecule has 0 spiro atoms. The molecule has 0 radical (unpaired) electrons. The highest BCUT2D eigenvalue weighted by molar-refractivity contribution is 6.33. The predicted octanol–water partition coefficient (Wildman–Crippen LogP) is 5.86. The van der Waals surface area contributed by atoms with Crippen LogP contribution in [-0.4, -0.2) is 16.3 Å². The summed E-state index contributed by atoms with van der Waals surface area (Å²) >= 11 is 6.43. The second-order valence-electron chi connectivity index (χ2n) is 6.50. The average molecular weight is 368 g/mol. The first-order valence-corrected chi connectivity index (χ1v) is 9.77. The number of nitrogens with zero attached hydrogens (tertiary/aromatic N) is 2. The molecule has 0 amide bonds. The standard InChI is InChI=1S/C22H26ClN3/c1-2-3-4-10-15-24-16-18-17-26(19-11-6-5-7-12-19)25-22(18)20-13-8-9-14-21(20)23/h5-9,11-14,17,24H,2-4,10,15-16H2,1H3. The van der Waals surface area contributed by atoms with Gasteiger partial charge in [-0.05, 0) is 31.2 Å². The van der Waals surface area contributed by atoms with E-state index in [9.17, 15) is 0 Å². The van der Waals surface area contributed by atoms with Gasteiger partial charge in [-0.25, -0.2) is 4.68 Å². The van der Waals surface area contributed by atoms with E-state index in [1.807, 2.05) is 47.1 Å². The molecule has 0 bridgehead atoms. The Bertz CT molecular complexity index is 811. The van der Waals surface area contributed by atoms with Gasteiger partial charge in [0.15, 0.2) is 0 Å². The van der Waals surface area contributed by atoms with Crippen molar-refractivity contribution in [1.29, 1.82) is 0 Å². The van der Waals surface area contributed by atoms with Gasteiger partial charge in [-0.1, -0.05) is 74.2 Å². The Hall–Kier alpha value is -2.10. The van der Waals surface area contributed by atoms with Crippen LogP contribution in [0.15, 0.2) is 60.8 Å². The van der Waals surface area contributed by atoms with E-state index < -0.39 is 0 Å². The molecular weight excluding hydrogens is 342 g/mol. The van der Waals surface area contributed by atoms with E-state index in [1.54, 1.807) is 0 Å². The molecule has 26 heavy (non-hydrogen) atoms. The van der Waals surface area contributed by atoms with Crippen molar-refractivity contribution in [2.75, 3.05) is 6.54 Å². The van der Waals surface area contributed by atoms with Crippen molar-refractivity contribution in [2.45, 2.75) is 39.2 Å². The number of hydrogen-bond donors (Lipinski definition) is 1. The van der Waals surface area contributed by atoms with Crippen LogP contribution in [0.2, 0.25) is 5.02 Å². The number of halogens is 1. The van der Waals surface area contributed by atoms with Crippen molar-refractivity contribution in [3.63, 3.8) is 0 Å². The molecule has 0 atom stereocenters. The average Bonchev–Trinajstić information content (AvgIpc) is 3.09. The van der Waals surface area contributed by atoms with Crippen molar-refractivity contribution in [3.05, 3.63) is 71.4 Å². The second-order valence-corrected chi connectivity index (χ2v) is 6.91. The molecule has 0 aliphatic heterocycles. The number of para-hydroxylation sites is 1. The fourth-order valence-corrected chi connectivity index (χ4v) is 3.26.